The second-order valence-corrected chi connectivity index (χ2v) is 4.85. The molecule has 1 N–H and O–H groups in total. The predicted octanol–water partition coefficient (Wildman–Crippen LogP) is 1.41. The van der Waals surface area contributed by atoms with Crippen LogP contribution in [-0.2, 0) is 11.3 Å². The number of piperidine rings is 1. The van der Waals surface area contributed by atoms with E-state index in [4.69, 9.17) is 5.26 Å². The third-order valence-corrected chi connectivity index (χ3v) is 3.31. The predicted molar refractivity (Wildman–Crippen MR) is 68.6 cm³/mol. The van der Waals surface area contributed by atoms with Crippen molar-refractivity contribution in [1.82, 2.24) is 10.2 Å². The van der Waals surface area contributed by atoms with Gasteiger partial charge in [-0.05, 0) is 30.2 Å². The monoisotopic (exact) mass is 261 g/mol. The molecule has 1 atom stereocenters. The molecule has 0 aromatic heterocycles. The Labute approximate surface area is 111 Å². The van der Waals surface area contributed by atoms with Gasteiger partial charge in [0.15, 0.2) is 0 Å². The van der Waals surface area contributed by atoms with Crippen molar-refractivity contribution in [2.24, 2.45) is 0 Å². The molecule has 1 unspecified atom stereocenters. The molecule has 0 spiro atoms. The van der Waals surface area contributed by atoms with E-state index in [1.165, 1.54) is 12.1 Å². The number of nitrogens with zero attached hydrogens (tertiary/aromatic N) is 2. The lowest BCUT2D eigenvalue weighted by Crippen LogP contribution is -2.46. The first-order valence-corrected chi connectivity index (χ1v) is 6.25. The maximum atomic E-state index is 13.3. The number of nitriles is 1. The number of benzene rings is 1. The molecule has 100 valence electrons. The zero-order valence-electron chi connectivity index (χ0n) is 10.8. The van der Waals surface area contributed by atoms with Gasteiger partial charge < -0.3 is 10.2 Å². The standard InChI is InChI=1S/C14H16FN3O/c1-18-9-13(2-3-14(18)19)17-8-11-4-10(7-16)5-12(15)6-11/h4-6,13,17H,2-3,8-9H2,1H3. The number of carbonyl (C=O) groups excluding carboxylic acids is 1. The molecule has 1 aromatic carbocycles. The van der Waals surface area contributed by atoms with Gasteiger partial charge in [0, 0.05) is 32.6 Å². The van der Waals surface area contributed by atoms with Crippen LogP contribution < -0.4 is 5.32 Å². The van der Waals surface area contributed by atoms with E-state index in [1.54, 1.807) is 18.0 Å². The second kappa shape index (κ2) is 5.81. The summed E-state index contributed by atoms with van der Waals surface area (Å²) in [5.41, 5.74) is 1.07. The van der Waals surface area contributed by atoms with Crippen LogP contribution in [-0.4, -0.2) is 30.4 Å². The Hall–Kier alpha value is -1.93. The first-order chi connectivity index (χ1) is 9.08. The quantitative estimate of drug-likeness (QED) is 0.895. The van der Waals surface area contributed by atoms with Crippen molar-refractivity contribution in [3.05, 3.63) is 35.1 Å². The van der Waals surface area contributed by atoms with Gasteiger partial charge in [0.05, 0.1) is 11.6 Å². The normalized spacial score (nSPS) is 19.3. The van der Waals surface area contributed by atoms with Crippen LogP contribution in [0.5, 0.6) is 0 Å². The topological polar surface area (TPSA) is 56.1 Å². The summed E-state index contributed by atoms with van der Waals surface area (Å²) in [6, 6.07) is 6.47. The van der Waals surface area contributed by atoms with Crippen LogP contribution >= 0.6 is 0 Å². The zero-order chi connectivity index (χ0) is 13.8. The lowest BCUT2D eigenvalue weighted by Gasteiger charge is -2.30. The van der Waals surface area contributed by atoms with Crippen molar-refractivity contribution in [1.29, 1.82) is 5.26 Å². The number of halogens is 1. The van der Waals surface area contributed by atoms with Gasteiger partial charge in [-0.15, -0.1) is 0 Å². The van der Waals surface area contributed by atoms with E-state index in [-0.39, 0.29) is 11.9 Å². The van der Waals surface area contributed by atoms with E-state index < -0.39 is 5.82 Å². The average Bonchev–Trinajstić information content (AvgIpc) is 2.39. The summed E-state index contributed by atoms with van der Waals surface area (Å²) >= 11 is 0. The molecule has 1 amide bonds. The summed E-state index contributed by atoms with van der Waals surface area (Å²) in [5.74, 6) is -0.234. The minimum atomic E-state index is -0.396. The number of hydrogen-bond donors (Lipinski definition) is 1. The molecule has 0 bridgehead atoms. The van der Waals surface area contributed by atoms with Crippen LogP contribution in [0.2, 0.25) is 0 Å². The van der Waals surface area contributed by atoms with Gasteiger partial charge in [-0.25, -0.2) is 4.39 Å². The lowest BCUT2D eigenvalue weighted by atomic mass is 10.0. The fraction of sp³-hybridized carbons (Fsp3) is 0.429. The van der Waals surface area contributed by atoms with E-state index in [2.05, 4.69) is 5.32 Å². The largest absolute Gasteiger partial charge is 0.344 e. The Morgan fingerprint density at radius 1 is 1.53 bits per heavy atom. The van der Waals surface area contributed by atoms with Gasteiger partial charge in [-0.3, -0.25) is 4.79 Å². The molecular formula is C14H16FN3O. The number of likely N-dealkylation sites (N-methyl/N-ethyl adjacent to an activating group) is 1. The van der Waals surface area contributed by atoms with Crippen LogP contribution in [0.15, 0.2) is 18.2 Å². The fourth-order valence-corrected chi connectivity index (χ4v) is 2.26. The summed E-state index contributed by atoms with van der Waals surface area (Å²) in [6.45, 7) is 1.17. The van der Waals surface area contributed by atoms with E-state index >= 15 is 0 Å². The summed E-state index contributed by atoms with van der Waals surface area (Å²) in [4.78, 5) is 13.1. The Morgan fingerprint density at radius 2 is 2.32 bits per heavy atom. The van der Waals surface area contributed by atoms with Crippen LogP contribution in [0.3, 0.4) is 0 Å². The highest BCUT2D eigenvalue weighted by atomic mass is 19.1. The molecule has 4 nitrogen and oxygen atoms in total. The molecule has 5 heteroatoms. The zero-order valence-corrected chi connectivity index (χ0v) is 10.8. The van der Waals surface area contributed by atoms with E-state index in [0.29, 0.717) is 25.1 Å². The third kappa shape index (κ3) is 3.52. The van der Waals surface area contributed by atoms with Crippen molar-refractivity contribution >= 4 is 5.91 Å². The van der Waals surface area contributed by atoms with Crippen LogP contribution in [0, 0.1) is 17.1 Å². The summed E-state index contributed by atoms with van der Waals surface area (Å²) in [5, 5.41) is 12.1. The molecule has 0 saturated carbocycles. The summed E-state index contributed by atoms with van der Waals surface area (Å²) < 4.78 is 13.3. The molecule has 1 aliphatic heterocycles. The summed E-state index contributed by atoms with van der Waals surface area (Å²) in [7, 11) is 1.78. The number of nitrogens with one attached hydrogen (secondary N) is 1. The van der Waals surface area contributed by atoms with Crippen molar-refractivity contribution < 1.29 is 9.18 Å². The summed E-state index contributed by atoms with van der Waals surface area (Å²) in [6.07, 6.45) is 1.34. The number of carbonyl (C=O) groups is 1. The molecular weight excluding hydrogens is 245 g/mol. The Morgan fingerprint density at radius 3 is 3.00 bits per heavy atom. The minimum Gasteiger partial charge on any atom is -0.344 e. The Bertz CT molecular complexity index is 524. The van der Waals surface area contributed by atoms with Gasteiger partial charge in [0.1, 0.15) is 5.82 Å². The maximum absolute atomic E-state index is 13.3. The van der Waals surface area contributed by atoms with Crippen molar-refractivity contribution in [2.75, 3.05) is 13.6 Å². The molecule has 1 saturated heterocycles. The van der Waals surface area contributed by atoms with E-state index in [9.17, 15) is 9.18 Å². The number of hydrogen-bond acceptors (Lipinski definition) is 3. The van der Waals surface area contributed by atoms with Gasteiger partial charge >= 0.3 is 0 Å². The highest BCUT2D eigenvalue weighted by molar-refractivity contribution is 5.76. The molecule has 0 radical (unpaired) electrons. The number of likely N-dealkylation sites (tertiary alicyclic amines) is 1. The molecule has 2 rings (SSSR count). The third-order valence-electron chi connectivity index (χ3n) is 3.31. The lowest BCUT2D eigenvalue weighted by molar-refractivity contribution is -0.132. The van der Waals surface area contributed by atoms with Gasteiger partial charge in [-0.1, -0.05) is 0 Å². The Balaban J connectivity index is 1.94. The molecule has 0 aliphatic carbocycles. The highest BCUT2D eigenvalue weighted by Gasteiger charge is 2.22. The minimum absolute atomic E-state index is 0.163. The van der Waals surface area contributed by atoms with Crippen molar-refractivity contribution in [2.45, 2.75) is 25.4 Å². The molecule has 1 aromatic rings. The Kier molecular flexibility index (Phi) is 4.13. The molecule has 1 heterocycles. The maximum Gasteiger partial charge on any atom is 0.222 e. The molecule has 1 aliphatic rings. The van der Waals surface area contributed by atoms with Gasteiger partial charge in [-0.2, -0.15) is 5.26 Å². The highest BCUT2D eigenvalue weighted by Crippen LogP contribution is 2.12. The molecule has 19 heavy (non-hydrogen) atoms. The van der Waals surface area contributed by atoms with Crippen molar-refractivity contribution in [3.63, 3.8) is 0 Å². The van der Waals surface area contributed by atoms with E-state index in [1.807, 2.05) is 6.07 Å². The number of amides is 1. The first-order valence-electron chi connectivity index (χ1n) is 6.25. The second-order valence-electron chi connectivity index (χ2n) is 4.85. The molecule has 1 fully saturated rings. The number of rotatable bonds is 3. The van der Waals surface area contributed by atoms with Crippen LogP contribution in [0.1, 0.15) is 24.0 Å². The average molecular weight is 261 g/mol. The first kappa shape index (κ1) is 13.5. The SMILES string of the molecule is CN1CC(NCc2cc(F)cc(C#N)c2)CCC1=O. The van der Waals surface area contributed by atoms with Crippen LogP contribution in [0.25, 0.3) is 0 Å². The van der Waals surface area contributed by atoms with Crippen LogP contribution in [0.4, 0.5) is 4.39 Å². The fourth-order valence-electron chi connectivity index (χ4n) is 2.26. The van der Waals surface area contributed by atoms with Crippen molar-refractivity contribution in [3.8, 4) is 6.07 Å². The van der Waals surface area contributed by atoms with Gasteiger partial charge in [0.25, 0.3) is 0 Å². The smallest absolute Gasteiger partial charge is 0.222 e. The van der Waals surface area contributed by atoms with Gasteiger partial charge in [0.2, 0.25) is 5.91 Å². The van der Waals surface area contributed by atoms with E-state index in [0.717, 1.165) is 12.0 Å².